The summed E-state index contributed by atoms with van der Waals surface area (Å²) in [4.78, 5) is 11.4. The van der Waals surface area contributed by atoms with Crippen LogP contribution < -0.4 is 0 Å². The SMILES string of the molecule is CC[C@@]12CCC(CO[Si](C)(C)C(C)(C)C)CC[C@H]1C2C(=O)O. The number of hydrogen-bond acceptors (Lipinski definition) is 2. The van der Waals surface area contributed by atoms with E-state index in [1.807, 2.05) is 0 Å². The highest BCUT2D eigenvalue weighted by molar-refractivity contribution is 6.74. The topological polar surface area (TPSA) is 46.5 Å². The highest BCUT2D eigenvalue weighted by atomic mass is 28.4. The third-order valence-corrected chi connectivity index (χ3v) is 11.5. The average molecular weight is 327 g/mol. The summed E-state index contributed by atoms with van der Waals surface area (Å²) in [7, 11) is -1.66. The van der Waals surface area contributed by atoms with E-state index in [1.165, 1.54) is 0 Å². The van der Waals surface area contributed by atoms with Crippen LogP contribution in [0, 0.1) is 23.2 Å². The minimum Gasteiger partial charge on any atom is -0.481 e. The monoisotopic (exact) mass is 326 g/mol. The van der Waals surface area contributed by atoms with E-state index in [0.29, 0.717) is 11.8 Å². The molecule has 0 aromatic carbocycles. The summed E-state index contributed by atoms with van der Waals surface area (Å²) >= 11 is 0. The fraction of sp³-hybridized carbons (Fsp3) is 0.944. The van der Waals surface area contributed by atoms with Gasteiger partial charge in [0.15, 0.2) is 8.32 Å². The first kappa shape index (κ1) is 18.0. The van der Waals surface area contributed by atoms with Crippen LogP contribution in [0.2, 0.25) is 18.1 Å². The fourth-order valence-electron chi connectivity index (χ4n) is 4.19. The molecule has 1 N–H and O–H groups in total. The summed E-state index contributed by atoms with van der Waals surface area (Å²) in [6.45, 7) is 14.5. The van der Waals surface area contributed by atoms with Crippen molar-refractivity contribution in [2.45, 2.75) is 77.9 Å². The Hall–Kier alpha value is -0.353. The van der Waals surface area contributed by atoms with Crippen LogP contribution in [0.25, 0.3) is 0 Å². The molecule has 2 fully saturated rings. The predicted molar refractivity (Wildman–Crippen MR) is 92.4 cm³/mol. The molecule has 2 aliphatic rings. The Bertz CT molecular complexity index is 427. The van der Waals surface area contributed by atoms with E-state index in [9.17, 15) is 9.90 Å². The predicted octanol–water partition coefficient (Wildman–Crippen LogP) is 4.93. The molecule has 3 nitrogen and oxygen atoms in total. The molecule has 128 valence electrons. The molecule has 0 radical (unpaired) electrons. The second-order valence-electron chi connectivity index (χ2n) is 9.06. The van der Waals surface area contributed by atoms with E-state index in [0.717, 1.165) is 38.7 Å². The molecule has 2 rings (SSSR count). The van der Waals surface area contributed by atoms with Gasteiger partial charge in [0, 0.05) is 6.61 Å². The Kier molecular flexibility index (Phi) is 4.85. The highest BCUT2D eigenvalue weighted by Crippen LogP contribution is 2.67. The molecule has 0 aliphatic heterocycles. The molecule has 0 amide bonds. The second kappa shape index (κ2) is 5.93. The molecule has 2 unspecified atom stereocenters. The summed E-state index contributed by atoms with van der Waals surface area (Å²) in [6.07, 6.45) is 5.46. The van der Waals surface area contributed by atoms with Gasteiger partial charge in [-0.1, -0.05) is 27.7 Å². The number of carbonyl (C=O) groups is 1. The molecule has 4 atom stereocenters. The van der Waals surface area contributed by atoms with Crippen molar-refractivity contribution < 1.29 is 14.3 Å². The first-order chi connectivity index (χ1) is 10.0. The zero-order valence-electron chi connectivity index (χ0n) is 15.2. The number of carboxylic acids is 1. The maximum atomic E-state index is 11.4. The third kappa shape index (κ3) is 3.14. The van der Waals surface area contributed by atoms with Gasteiger partial charge in [-0.05, 0) is 67.5 Å². The Balaban J connectivity index is 1.90. The van der Waals surface area contributed by atoms with Gasteiger partial charge in [-0.15, -0.1) is 0 Å². The van der Waals surface area contributed by atoms with E-state index >= 15 is 0 Å². The zero-order valence-corrected chi connectivity index (χ0v) is 16.2. The van der Waals surface area contributed by atoms with E-state index in [4.69, 9.17) is 4.43 Å². The van der Waals surface area contributed by atoms with Crippen LogP contribution in [-0.4, -0.2) is 26.0 Å². The van der Waals surface area contributed by atoms with Crippen molar-refractivity contribution >= 4 is 14.3 Å². The minimum absolute atomic E-state index is 0.0697. The van der Waals surface area contributed by atoms with Crippen molar-refractivity contribution in [2.24, 2.45) is 23.2 Å². The third-order valence-electron chi connectivity index (χ3n) is 6.97. The Morgan fingerprint density at radius 3 is 2.41 bits per heavy atom. The summed E-state index contributed by atoms with van der Waals surface area (Å²) in [5.74, 6) is 0.412. The van der Waals surface area contributed by atoms with Gasteiger partial charge in [0.05, 0.1) is 5.92 Å². The molecule has 4 heteroatoms. The van der Waals surface area contributed by atoms with Gasteiger partial charge in [0.25, 0.3) is 0 Å². The fourth-order valence-corrected chi connectivity index (χ4v) is 5.28. The quantitative estimate of drug-likeness (QED) is 0.729. The number of aliphatic carboxylic acids is 1. The van der Waals surface area contributed by atoms with Crippen molar-refractivity contribution in [1.82, 2.24) is 0 Å². The van der Waals surface area contributed by atoms with Gasteiger partial charge in [-0.25, -0.2) is 0 Å². The lowest BCUT2D eigenvalue weighted by atomic mass is 9.90. The normalized spacial score (nSPS) is 35.6. The van der Waals surface area contributed by atoms with E-state index in [-0.39, 0.29) is 16.4 Å². The smallest absolute Gasteiger partial charge is 0.307 e. The molecule has 22 heavy (non-hydrogen) atoms. The van der Waals surface area contributed by atoms with Crippen LogP contribution in [0.15, 0.2) is 0 Å². The summed E-state index contributed by atoms with van der Waals surface area (Å²) in [6, 6.07) is 0. The van der Waals surface area contributed by atoms with Crippen LogP contribution in [0.3, 0.4) is 0 Å². The van der Waals surface area contributed by atoms with Gasteiger partial charge < -0.3 is 9.53 Å². The molecule has 0 saturated heterocycles. The number of hydrogen-bond donors (Lipinski definition) is 1. The van der Waals surface area contributed by atoms with Crippen LogP contribution in [0.1, 0.15) is 59.8 Å². The van der Waals surface area contributed by atoms with Crippen LogP contribution in [0.5, 0.6) is 0 Å². The Labute approximate surface area is 137 Å². The van der Waals surface area contributed by atoms with Crippen molar-refractivity contribution in [2.75, 3.05) is 6.61 Å². The molecule has 2 aliphatic carbocycles. The molecule has 0 aromatic heterocycles. The summed E-state index contributed by atoms with van der Waals surface area (Å²) in [5.41, 5.74) is 0.109. The largest absolute Gasteiger partial charge is 0.481 e. The van der Waals surface area contributed by atoms with Gasteiger partial charge >= 0.3 is 5.97 Å². The molecule has 0 bridgehead atoms. The maximum absolute atomic E-state index is 11.4. The lowest BCUT2D eigenvalue weighted by Gasteiger charge is -2.37. The van der Waals surface area contributed by atoms with Crippen LogP contribution in [0.4, 0.5) is 0 Å². The standard InChI is InChI=1S/C18H34O3Si/c1-7-18-11-10-13(8-9-14(18)15(18)16(19)20)12-21-22(5,6)17(2,3)4/h13-15H,7-12H2,1-6H3,(H,19,20)/t13?,14-,15?,18+/m0/s1. The number of fused-ring (bicyclic) bond motifs is 1. The van der Waals surface area contributed by atoms with Gasteiger partial charge in [-0.3, -0.25) is 4.79 Å². The van der Waals surface area contributed by atoms with Crippen molar-refractivity contribution in [3.05, 3.63) is 0 Å². The van der Waals surface area contributed by atoms with Gasteiger partial charge in [0.2, 0.25) is 0 Å². The summed E-state index contributed by atoms with van der Waals surface area (Å²) in [5, 5.41) is 9.68. The molecular weight excluding hydrogens is 292 g/mol. The summed E-state index contributed by atoms with van der Waals surface area (Å²) < 4.78 is 6.40. The van der Waals surface area contributed by atoms with Crippen LogP contribution in [-0.2, 0) is 9.22 Å². The first-order valence-electron chi connectivity index (χ1n) is 8.92. The lowest BCUT2D eigenvalue weighted by Crippen LogP contribution is -2.42. The van der Waals surface area contributed by atoms with Gasteiger partial charge in [0.1, 0.15) is 0 Å². The number of rotatable bonds is 5. The van der Waals surface area contributed by atoms with E-state index in [1.54, 1.807) is 0 Å². The Morgan fingerprint density at radius 1 is 1.27 bits per heavy atom. The van der Waals surface area contributed by atoms with Crippen molar-refractivity contribution in [3.63, 3.8) is 0 Å². The van der Waals surface area contributed by atoms with Gasteiger partial charge in [-0.2, -0.15) is 0 Å². The average Bonchev–Trinajstić information content (AvgIpc) is 3.06. The van der Waals surface area contributed by atoms with Crippen LogP contribution >= 0.6 is 0 Å². The molecule has 0 aromatic rings. The Morgan fingerprint density at radius 2 is 1.91 bits per heavy atom. The highest BCUT2D eigenvalue weighted by Gasteiger charge is 2.66. The number of carboxylic acid groups (broad SMARTS) is 1. The van der Waals surface area contributed by atoms with E-state index in [2.05, 4.69) is 40.8 Å². The molecule has 0 heterocycles. The first-order valence-corrected chi connectivity index (χ1v) is 11.8. The molecule has 0 spiro atoms. The van der Waals surface area contributed by atoms with E-state index < -0.39 is 14.3 Å². The maximum Gasteiger partial charge on any atom is 0.307 e. The van der Waals surface area contributed by atoms with Crippen molar-refractivity contribution in [3.8, 4) is 0 Å². The molecular formula is C18H34O3Si. The van der Waals surface area contributed by atoms with Crippen molar-refractivity contribution in [1.29, 1.82) is 0 Å². The minimum atomic E-state index is -1.66. The lowest BCUT2D eigenvalue weighted by molar-refractivity contribution is -0.139. The molecule has 2 saturated carbocycles. The zero-order chi connectivity index (χ0) is 16.8. The second-order valence-corrected chi connectivity index (χ2v) is 13.9.